The molecule has 1 saturated heterocycles. The molecular formula is C27H45NO4. The van der Waals surface area contributed by atoms with Gasteiger partial charge in [0.05, 0.1) is 17.8 Å². The van der Waals surface area contributed by atoms with Crippen LogP contribution < -0.4 is 5.32 Å². The Hall–Kier alpha value is -1.59. The predicted octanol–water partition coefficient (Wildman–Crippen LogP) is 6.50. The third-order valence-electron chi connectivity index (χ3n) is 6.19. The molecule has 2 unspecified atom stereocenters. The van der Waals surface area contributed by atoms with Gasteiger partial charge >= 0.3 is 6.09 Å². The molecule has 182 valence electrons. The van der Waals surface area contributed by atoms with Crippen molar-refractivity contribution in [2.24, 2.45) is 10.8 Å². The van der Waals surface area contributed by atoms with E-state index in [9.17, 15) is 4.79 Å². The van der Waals surface area contributed by atoms with Gasteiger partial charge in [-0.15, -0.1) is 0 Å². The molecule has 0 aromatic heterocycles. The molecule has 0 bridgehead atoms. The molecular weight excluding hydrogens is 402 g/mol. The van der Waals surface area contributed by atoms with Crippen LogP contribution in [-0.4, -0.2) is 36.0 Å². The molecule has 2 atom stereocenters. The van der Waals surface area contributed by atoms with Gasteiger partial charge in [-0.3, -0.25) is 0 Å². The van der Waals surface area contributed by atoms with Crippen molar-refractivity contribution in [2.45, 2.75) is 112 Å². The van der Waals surface area contributed by atoms with E-state index in [0.717, 1.165) is 18.4 Å². The first-order valence-corrected chi connectivity index (χ1v) is 11.9. The molecule has 1 aromatic carbocycles. The topological polar surface area (TPSA) is 60.1 Å². The molecule has 1 N–H and O–H groups in total. The van der Waals surface area contributed by atoms with Gasteiger partial charge in [0, 0.05) is 12.1 Å². The highest BCUT2D eigenvalue weighted by Crippen LogP contribution is 2.47. The number of carbonyl (C=O) groups excluding carboxylic acids is 1. The van der Waals surface area contributed by atoms with E-state index in [0.29, 0.717) is 25.2 Å². The van der Waals surface area contributed by atoms with Crippen LogP contribution in [-0.2, 0) is 20.8 Å². The molecule has 1 aliphatic heterocycles. The van der Waals surface area contributed by atoms with Gasteiger partial charge in [0.2, 0.25) is 0 Å². The van der Waals surface area contributed by atoms with E-state index in [2.05, 4.69) is 53.8 Å². The van der Waals surface area contributed by atoms with E-state index in [4.69, 9.17) is 14.2 Å². The van der Waals surface area contributed by atoms with Crippen LogP contribution in [0.15, 0.2) is 30.3 Å². The first kappa shape index (κ1) is 26.7. The fourth-order valence-corrected chi connectivity index (χ4v) is 5.29. The Balaban J connectivity index is 1.75. The molecule has 5 nitrogen and oxygen atoms in total. The van der Waals surface area contributed by atoms with Crippen molar-refractivity contribution in [3.63, 3.8) is 0 Å². The van der Waals surface area contributed by atoms with Crippen LogP contribution in [0.4, 0.5) is 4.79 Å². The molecule has 0 spiro atoms. The average Bonchev–Trinajstić information content (AvgIpc) is 3.36. The Morgan fingerprint density at radius 3 is 2.16 bits per heavy atom. The van der Waals surface area contributed by atoms with Crippen molar-refractivity contribution >= 4 is 6.09 Å². The molecule has 1 amide bonds. The minimum absolute atomic E-state index is 0.133. The van der Waals surface area contributed by atoms with Crippen LogP contribution in [0.1, 0.15) is 87.1 Å². The zero-order valence-electron chi connectivity index (χ0n) is 21.7. The smallest absolute Gasteiger partial charge is 0.407 e. The third kappa shape index (κ3) is 9.11. The largest absolute Gasteiger partial charge is 0.445 e. The van der Waals surface area contributed by atoms with Crippen LogP contribution in [0.3, 0.4) is 0 Å². The summed E-state index contributed by atoms with van der Waals surface area (Å²) in [5.74, 6) is 0. The summed E-state index contributed by atoms with van der Waals surface area (Å²) in [6.07, 6.45) is 3.08. The Labute approximate surface area is 195 Å². The molecule has 32 heavy (non-hydrogen) atoms. The van der Waals surface area contributed by atoms with Gasteiger partial charge in [-0.25, -0.2) is 4.79 Å². The highest BCUT2D eigenvalue weighted by atomic mass is 16.6. The second-order valence-electron chi connectivity index (χ2n) is 12.2. The lowest BCUT2D eigenvalue weighted by Gasteiger charge is -2.40. The van der Waals surface area contributed by atoms with Crippen molar-refractivity contribution in [3.05, 3.63) is 35.9 Å². The van der Waals surface area contributed by atoms with Gasteiger partial charge in [0.1, 0.15) is 6.61 Å². The zero-order chi connectivity index (χ0) is 24.2. The van der Waals surface area contributed by atoms with E-state index >= 15 is 0 Å². The molecule has 0 radical (unpaired) electrons. The number of carbonyl (C=O) groups is 1. The quantitative estimate of drug-likeness (QED) is 0.372. The Morgan fingerprint density at radius 2 is 1.59 bits per heavy atom. The minimum Gasteiger partial charge on any atom is -0.445 e. The molecule has 1 aliphatic rings. The van der Waals surface area contributed by atoms with Crippen molar-refractivity contribution in [1.82, 2.24) is 5.32 Å². The summed E-state index contributed by atoms with van der Waals surface area (Å²) in [5.41, 5.74) is 0.595. The van der Waals surface area contributed by atoms with Crippen LogP contribution in [0.25, 0.3) is 0 Å². The zero-order valence-corrected chi connectivity index (χ0v) is 21.7. The highest BCUT2D eigenvalue weighted by Gasteiger charge is 2.49. The van der Waals surface area contributed by atoms with Crippen molar-refractivity contribution in [2.75, 3.05) is 6.61 Å². The van der Waals surface area contributed by atoms with Gasteiger partial charge in [-0.05, 0) is 70.3 Å². The number of rotatable bonds is 12. The van der Waals surface area contributed by atoms with Crippen LogP contribution in [0.2, 0.25) is 0 Å². The molecule has 1 fully saturated rings. The van der Waals surface area contributed by atoms with Crippen molar-refractivity contribution in [1.29, 1.82) is 0 Å². The van der Waals surface area contributed by atoms with Crippen LogP contribution >= 0.6 is 0 Å². The van der Waals surface area contributed by atoms with E-state index in [1.807, 2.05) is 44.2 Å². The second-order valence-corrected chi connectivity index (χ2v) is 12.2. The lowest BCUT2D eigenvalue weighted by atomic mass is 9.69. The number of nitrogens with one attached hydrogen (secondary N) is 1. The molecule has 2 rings (SSSR count). The Kier molecular flexibility index (Phi) is 8.44. The lowest BCUT2D eigenvalue weighted by molar-refractivity contribution is -0.0583. The van der Waals surface area contributed by atoms with Crippen molar-refractivity contribution in [3.8, 4) is 0 Å². The molecule has 1 heterocycles. The number of hydrogen-bond donors (Lipinski definition) is 1. The second kappa shape index (κ2) is 10.1. The van der Waals surface area contributed by atoms with E-state index in [-0.39, 0.29) is 23.0 Å². The monoisotopic (exact) mass is 447 g/mol. The molecule has 5 heteroatoms. The van der Waals surface area contributed by atoms with E-state index in [1.165, 1.54) is 0 Å². The standard InChI is InChI=1S/C27H45NO4/c1-20-22(32-20)25(4,5)18-24(2,3)19-27(8,9)31-16-15-26(6,7)28-23(29)30-17-21-13-11-10-12-14-21/h10-14,20,22H,15-19H2,1-9H3,(H,28,29). The van der Waals surface area contributed by atoms with Crippen LogP contribution in [0, 0.1) is 10.8 Å². The van der Waals surface area contributed by atoms with Gasteiger partial charge in [0.25, 0.3) is 0 Å². The normalized spacial score (nSPS) is 19.5. The molecule has 0 aliphatic carbocycles. The first-order valence-electron chi connectivity index (χ1n) is 11.9. The van der Waals surface area contributed by atoms with Gasteiger partial charge in [-0.2, -0.15) is 0 Å². The first-order chi connectivity index (χ1) is 14.6. The Morgan fingerprint density at radius 1 is 1.00 bits per heavy atom. The SMILES string of the molecule is CC1OC1C(C)(C)CC(C)(C)CC(C)(C)OCCC(C)(C)NC(=O)OCc1ccccc1. The third-order valence-corrected chi connectivity index (χ3v) is 6.19. The number of epoxide rings is 1. The van der Waals surface area contributed by atoms with Gasteiger partial charge in [0.15, 0.2) is 0 Å². The van der Waals surface area contributed by atoms with Gasteiger partial charge < -0.3 is 19.5 Å². The highest BCUT2D eigenvalue weighted by molar-refractivity contribution is 5.68. The number of amides is 1. The van der Waals surface area contributed by atoms with Gasteiger partial charge in [-0.1, -0.05) is 58.0 Å². The maximum atomic E-state index is 12.2. The van der Waals surface area contributed by atoms with Crippen molar-refractivity contribution < 1.29 is 19.0 Å². The summed E-state index contributed by atoms with van der Waals surface area (Å²) in [7, 11) is 0. The summed E-state index contributed by atoms with van der Waals surface area (Å²) in [6.45, 7) is 20.6. The summed E-state index contributed by atoms with van der Waals surface area (Å²) in [4.78, 5) is 12.2. The maximum Gasteiger partial charge on any atom is 0.407 e. The lowest BCUT2D eigenvalue weighted by Crippen LogP contribution is -2.45. The average molecular weight is 448 g/mol. The predicted molar refractivity (Wildman–Crippen MR) is 130 cm³/mol. The Bertz CT molecular complexity index is 739. The maximum absolute atomic E-state index is 12.2. The minimum atomic E-state index is -0.416. The molecule has 0 saturated carbocycles. The number of benzene rings is 1. The van der Waals surface area contributed by atoms with E-state index in [1.54, 1.807) is 0 Å². The fraction of sp³-hybridized carbons (Fsp3) is 0.741. The number of hydrogen-bond acceptors (Lipinski definition) is 4. The summed E-state index contributed by atoms with van der Waals surface area (Å²) in [6, 6.07) is 9.69. The number of alkyl carbamates (subject to hydrolysis) is 1. The summed E-state index contributed by atoms with van der Waals surface area (Å²) < 4.78 is 17.4. The van der Waals surface area contributed by atoms with E-state index < -0.39 is 11.6 Å². The van der Waals surface area contributed by atoms with Crippen LogP contribution in [0.5, 0.6) is 0 Å². The fourth-order valence-electron chi connectivity index (χ4n) is 5.29. The molecule has 1 aromatic rings. The number of ether oxygens (including phenoxy) is 3. The summed E-state index contributed by atoms with van der Waals surface area (Å²) in [5, 5.41) is 2.96. The summed E-state index contributed by atoms with van der Waals surface area (Å²) >= 11 is 0.